The standard InChI is InChI=1S/C49H38N2/c1-49(2)44-20-12-11-19-41(44)42-28-27-39(32-45(42)49)50(36-14-5-3-6-15-36)38-25-21-33(22-26-38)35-24-29-46-43(31-35)48-40-18-10-9-13-34(40)23-30-47(48)51(46)37-16-7-4-8-17-37/h3-9,11-17,19-32H,10,18H2,1-2H3. The summed E-state index contributed by atoms with van der Waals surface area (Å²) in [6.45, 7) is 4.70. The second-order valence-electron chi connectivity index (χ2n) is 14.5. The molecule has 1 heterocycles. The van der Waals surface area contributed by atoms with Crippen molar-refractivity contribution in [2.24, 2.45) is 0 Å². The second-order valence-corrected chi connectivity index (χ2v) is 14.5. The lowest BCUT2D eigenvalue weighted by molar-refractivity contribution is 0.660. The van der Waals surface area contributed by atoms with Gasteiger partial charge < -0.3 is 9.47 Å². The van der Waals surface area contributed by atoms with Crippen LogP contribution in [0.25, 0.3) is 55.8 Å². The van der Waals surface area contributed by atoms with Gasteiger partial charge in [-0.25, -0.2) is 0 Å². The number of aryl methyl sites for hydroxylation is 1. The van der Waals surface area contributed by atoms with Crippen molar-refractivity contribution in [3.8, 4) is 27.9 Å². The van der Waals surface area contributed by atoms with Crippen LogP contribution in [0.5, 0.6) is 0 Å². The normalized spacial score (nSPS) is 14.0. The van der Waals surface area contributed by atoms with Crippen LogP contribution in [0.2, 0.25) is 0 Å². The number of para-hydroxylation sites is 2. The van der Waals surface area contributed by atoms with Gasteiger partial charge in [0.15, 0.2) is 0 Å². The van der Waals surface area contributed by atoms with E-state index in [0.717, 1.165) is 24.2 Å². The topological polar surface area (TPSA) is 8.17 Å². The van der Waals surface area contributed by atoms with Crippen LogP contribution in [-0.4, -0.2) is 4.57 Å². The molecule has 2 nitrogen and oxygen atoms in total. The van der Waals surface area contributed by atoms with E-state index in [-0.39, 0.29) is 5.41 Å². The van der Waals surface area contributed by atoms with Crippen molar-refractivity contribution < 1.29 is 0 Å². The lowest BCUT2D eigenvalue weighted by atomic mass is 9.82. The maximum atomic E-state index is 2.43. The fraction of sp³-hybridized carbons (Fsp3) is 0.102. The summed E-state index contributed by atoms with van der Waals surface area (Å²) in [4.78, 5) is 2.39. The van der Waals surface area contributed by atoms with E-state index in [1.807, 2.05) is 0 Å². The van der Waals surface area contributed by atoms with Crippen molar-refractivity contribution in [1.82, 2.24) is 4.57 Å². The third kappa shape index (κ3) is 4.63. The molecule has 2 aliphatic rings. The van der Waals surface area contributed by atoms with E-state index in [0.29, 0.717) is 0 Å². The minimum atomic E-state index is -0.0635. The minimum absolute atomic E-state index is 0.0635. The molecule has 244 valence electrons. The van der Waals surface area contributed by atoms with Gasteiger partial charge in [-0.3, -0.25) is 0 Å². The summed E-state index contributed by atoms with van der Waals surface area (Å²) in [5.74, 6) is 0. The highest BCUT2D eigenvalue weighted by atomic mass is 15.1. The van der Waals surface area contributed by atoms with Gasteiger partial charge in [-0.15, -0.1) is 0 Å². The Labute approximate surface area is 299 Å². The number of anilines is 3. The molecule has 0 saturated heterocycles. The van der Waals surface area contributed by atoms with Crippen LogP contribution in [0.15, 0.2) is 164 Å². The molecule has 0 aliphatic heterocycles. The first-order valence-corrected chi connectivity index (χ1v) is 18.1. The summed E-state index contributed by atoms with van der Waals surface area (Å²) in [7, 11) is 0. The molecule has 0 spiro atoms. The van der Waals surface area contributed by atoms with Crippen molar-refractivity contribution in [3.05, 3.63) is 186 Å². The van der Waals surface area contributed by atoms with Crippen LogP contribution in [0.3, 0.4) is 0 Å². The number of hydrogen-bond acceptors (Lipinski definition) is 1. The zero-order valence-electron chi connectivity index (χ0n) is 29.0. The van der Waals surface area contributed by atoms with Gasteiger partial charge in [0, 0.05) is 38.9 Å². The highest BCUT2D eigenvalue weighted by molar-refractivity contribution is 6.13. The molecule has 0 unspecified atom stereocenters. The molecule has 0 N–H and O–H groups in total. The van der Waals surface area contributed by atoms with Crippen molar-refractivity contribution >= 4 is 44.9 Å². The highest BCUT2D eigenvalue weighted by Gasteiger charge is 2.35. The lowest BCUT2D eigenvalue weighted by Gasteiger charge is -2.28. The SMILES string of the molecule is CC1(C)c2ccccc2-c2ccc(N(c3ccccc3)c3ccc(-c4ccc5c(c4)c4c6c(ccc4n5-c4ccccc4)C=CCC6)cc3)cc21. The Morgan fingerprint density at radius 1 is 0.549 bits per heavy atom. The molecule has 0 amide bonds. The van der Waals surface area contributed by atoms with Crippen molar-refractivity contribution in [3.63, 3.8) is 0 Å². The van der Waals surface area contributed by atoms with Crippen LogP contribution < -0.4 is 4.90 Å². The summed E-state index contributed by atoms with van der Waals surface area (Å²) in [5.41, 5.74) is 17.8. The molecule has 10 rings (SSSR count). The first-order valence-electron chi connectivity index (χ1n) is 18.1. The molecule has 0 fully saturated rings. The molecule has 51 heavy (non-hydrogen) atoms. The molecular weight excluding hydrogens is 617 g/mol. The van der Waals surface area contributed by atoms with E-state index in [1.165, 1.54) is 77.7 Å². The Morgan fingerprint density at radius 2 is 1.22 bits per heavy atom. The van der Waals surface area contributed by atoms with Crippen molar-refractivity contribution in [1.29, 1.82) is 0 Å². The number of hydrogen-bond donors (Lipinski definition) is 0. The van der Waals surface area contributed by atoms with Gasteiger partial charge in [-0.05, 0) is 124 Å². The van der Waals surface area contributed by atoms with Crippen LogP contribution >= 0.6 is 0 Å². The van der Waals surface area contributed by atoms with E-state index in [4.69, 9.17) is 0 Å². The quantitative estimate of drug-likeness (QED) is 0.179. The molecule has 0 bridgehead atoms. The second kappa shape index (κ2) is 11.5. The summed E-state index contributed by atoms with van der Waals surface area (Å²) >= 11 is 0. The fourth-order valence-electron chi connectivity index (χ4n) is 8.76. The molecule has 1 aromatic heterocycles. The number of fused-ring (bicyclic) bond motifs is 8. The molecule has 7 aromatic carbocycles. The average Bonchev–Trinajstić information content (AvgIpc) is 3.64. The summed E-state index contributed by atoms with van der Waals surface area (Å²) in [5, 5.41) is 2.70. The van der Waals surface area contributed by atoms with E-state index >= 15 is 0 Å². The first-order chi connectivity index (χ1) is 25.1. The Balaban J connectivity index is 1.09. The Hall–Kier alpha value is -6.12. The van der Waals surface area contributed by atoms with Gasteiger partial charge >= 0.3 is 0 Å². The number of nitrogens with zero attached hydrogens (tertiary/aromatic N) is 2. The van der Waals surface area contributed by atoms with Gasteiger partial charge in [0.2, 0.25) is 0 Å². The van der Waals surface area contributed by atoms with Gasteiger partial charge in [0.05, 0.1) is 11.0 Å². The predicted molar refractivity (Wildman–Crippen MR) is 216 cm³/mol. The smallest absolute Gasteiger partial charge is 0.0544 e. The molecule has 2 aliphatic carbocycles. The third-order valence-corrected chi connectivity index (χ3v) is 11.2. The minimum Gasteiger partial charge on any atom is -0.310 e. The fourth-order valence-corrected chi connectivity index (χ4v) is 8.76. The van der Waals surface area contributed by atoms with E-state index in [1.54, 1.807) is 0 Å². The monoisotopic (exact) mass is 654 g/mol. The van der Waals surface area contributed by atoms with Gasteiger partial charge in [0.1, 0.15) is 0 Å². The van der Waals surface area contributed by atoms with Crippen molar-refractivity contribution in [2.75, 3.05) is 4.90 Å². The van der Waals surface area contributed by atoms with E-state index in [2.05, 4.69) is 193 Å². The zero-order chi connectivity index (χ0) is 34.1. The maximum absolute atomic E-state index is 2.43. The third-order valence-electron chi connectivity index (χ3n) is 11.2. The van der Waals surface area contributed by atoms with Gasteiger partial charge in [-0.2, -0.15) is 0 Å². The van der Waals surface area contributed by atoms with Crippen LogP contribution in [0.4, 0.5) is 17.1 Å². The summed E-state index contributed by atoms with van der Waals surface area (Å²) in [6.07, 6.45) is 6.75. The Kier molecular flexibility index (Phi) is 6.69. The number of aromatic nitrogens is 1. The zero-order valence-corrected chi connectivity index (χ0v) is 29.0. The van der Waals surface area contributed by atoms with Crippen LogP contribution in [0, 0.1) is 0 Å². The van der Waals surface area contributed by atoms with Crippen LogP contribution in [-0.2, 0) is 11.8 Å². The molecule has 0 radical (unpaired) electrons. The number of allylic oxidation sites excluding steroid dienone is 1. The lowest BCUT2D eigenvalue weighted by Crippen LogP contribution is -2.16. The van der Waals surface area contributed by atoms with Crippen LogP contribution in [0.1, 0.15) is 42.5 Å². The van der Waals surface area contributed by atoms with Crippen molar-refractivity contribution in [2.45, 2.75) is 32.1 Å². The molecule has 0 saturated carbocycles. The largest absolute Gasteiger partial charge is 0.310 e. The van der Waals surface area contributed by atoms with Gasteiger partial charge in [0.25, 0.3) is 0 Å². The molecule has 0 atom stereocenters. The number of benzene rings is 7. The van der Waals surface area contributed by atoms with Gasteiger partial charge in [-0.1, -0.05) is 117 Å². The van der Waals surface area contributed by atoms with E-state index in [9.17, 15) is 0 Å². The Morgan fingerprint density at radius 3 is 2.04 bits per heavy atom. The summed E-state index contributed by atoms with van der Waals surface area (Å²) in [6, 6.07) is 58.1. The summed E-state index contributed by atoms with van der Waals surface area (Å²) < 4.78 is 2.43. The molecular formula is C49H38N2. The predicted octanol–water partition coefficient (Wildman–Crippen LogP) is 13.2. The maximum Gasteiger partial charge on any atom is 0.0544 e. The Bertz CT molecular complexity index is 2640. The number of rotatable bonds is 5. The molecule has 2 heteroatoms. The first kappa shape index (κ1) is 29.8. The van der Waals surface area contributed by atoms with E-state index < -0.39 is 0 Å². The average molecular weight is 655 g/mol. The highest BCUT2D eigenvalue weighted by Crippen LogP contribution is 2.50. The molecule has 8 aromatic rings.